The van der Waals surface area contributed by atoms with Crippen LogP contribution in [0.2, 0.25) is 10.0 Å². The van der Waals surface area contributed by atoms with E-state index in [0.29, 0.717) is 11.6 Å². The van der Waals surface area contributed by atoms with E-state index < -0.39 is 0 Å². The van der Waals surface area contributed by atoms with E-state index in [4.69, 9.17) is 23.2 Å². The smallest absolute Gasteiger partial charge is 0.0785 e. The van der Waals surface area contributed by atoms with E-state index in [2.05, 4.69) is 27.7 Å². The first kappa shape index (κ1) is 11.2. The largest absolute Gasteiger partial charge is 0.267 e. The molecule has 0 fully saturated rings. The number of hydrogen-bond acceptors (Lipinski definition) is 1. The van der Waals surface area contributed by atoms with Crippen LogP contribution in [-0.2, 0) is 6.54 Å². The molecule has 0 spiro atoms. The fourth-order valence-electron chi connectivity index (χ4n) is 1.26. The lowest BCUT2D eigenvalue weighted by Crippen LogP contribution is -2.01. The standard InChI is InChI=1S/C10H7Cl2IN2/c11-8-1-2-10(13)7(3-8)5-15-6-9(12)4-14-15/h1-4,6H,5H2. The van der Waals surface area contributed by atoms with Crippen LogP contribution in [0.15, 0.2) is 30.6 Å². The molecule has 0 saturated carbocycles. The quantitative estimate of drug-likeness (QED) is 0.751. The van der Waals surface area contributed by atoms with Crippen molar-refractivity contribution in [1.82, 2.24) is 9.78 Å². The van der Waals surface area contributed by atoms with E-state index in [9.17, 15) is 0 Å². The number of rotatable bonds is 2. The molecule has 1 heterocycles. The number of halogens is 3. The molecule has 0 unspecified atom stereocenters. The van der Waals surface area contributed by atoms with Crippen molar-refractivity contribution < 1.29 is 0 Å². The van der Waals surface area contributed by atoms with Crippen molar-refractivity contribution in [2.24, 2.45) is 0 Å². The number of hydrogen-bond donors (Lipinski definition) is 0. The fraction of sp³-hybridized carbons (Fsp3) is 0.100. The van der Waals surface area contributed by atoms with Gasteiger partial charge in [-0.2, -0.15) is 5.10 Å². The summed E-state index contributed by atoms with van der Waals surface area (Å²) in [5, 5.41) is 5.51. The lowest BCUT2D eigenvalue weighted by atomic mass is 10.2. The number of benzene rings is 1. The summed E-state index contributed by atoms with van der Waals surface area (Å²) in [7, 11) is 0. The zero-order valence-corrected chi connectivity index (χ0v) is 11.3. The van der Waals surface area contributed by atoms with Crippen molar-refractivity contribution >= 4 is 45.8 Å². The molecule has 2 nitrogen and oxygen atoms in total. The molecule has 2 rings (SSSR count). The Morgan fingerprint density at radius 1 is 1.27 bits per heavy atom. The molecule has 2 aromatic rings. The highest BCUT2D eigenvalue weighted by molar-refractivity contribution is 14.1. The van der Waals surface area contributed by atoms with Gasteiger partial charge in [0, 0.05) is 14.8 Å². The molecule has 0 amide bonds. The van der Waals surface area contributed by atoms with Crippen LogP contribution in [0.1, 0.15) is 5.56 Å². The average Bonchev–Trinajstić information content (AvgIpc) is 2.58. The second kappa shape index (κ2) is 4.72. The molecule has 0 N–H and O–H groups in total. The summed E-state index contributed by atoms with van der Waals surface area (Å²) in [4.78, 5) is 0. The first-order chi connectivity index (χ1) is 7.15. The maximum Gasteiger partial charge on any atom is 0.0785 e. The Kier molecular flexibility index (Phi) is 3.53. The molecule has 0 aliphatic heterocycles. The van der Waals surface area contributed by atoms with Crippen LogP contribution in [0.5, 0.6) is 0 Å². The summed E-state index contributed by atoms with van der Waals surface area (Å²) in [6.07, 6.45) is 3.41. The third-order valence-electron chi connectivity index (χ3n) is 1.94. The predicted octanol–water partition coefficient (Wildman–Crippen LogP) is 3.84. The molecule has 0 aliphatic carbocycles. The Morgan fingerprint density at radius 3 is 2.73 bits per heavy atom. The van der Waals surface area contributed by atoms with Gasteiger partial charge in [0.2, 0.25) is 0 Å². The first-order valence-electron chi connectivity index (χ1n) is 4.27. The highest BCUT2D eigenvalue weighted by atomic mass is 127. The molecule has 15 heavy (non-hydrogen) atoms. The fourth-order valence-corrected chi connectivity index (χ4v) is 2.12. The van der Waals surface area contributed by atoms with Crippen LogP contribution in [0.4, 0.5) is 0 Å². The van der Waals surface area contributed by atoms with E-state index in [1.807, 2.05) is 18.2 Å². The van der Waals surface area contributed by atoms with Crippen LogP contribution in [0.25, 0.3) is 0 Å². The Morgan fingerprint density at radius 2 is 2.07 bits per heavy atom. The maximum atomic E-state index is 5.93. The maximum absolute atomic E-state index is 5.93. The summed E-state index contributed by atoms with van der Waals surface area (Å²) in [5.41, 5.74) is 1.14. The van der Waals surface area contributed by atoms with Gasteiger partial charge in [-0.05, 0) is 46.4 Å². The third-order valence-corrected chi connectivity index (χ3v) is 3.42. The third kappa shape index (κ3) is 2.86. The summed E-state index contributed by atoms with van der Waals surface area (Å²) in [5.74, 6) is 0. The van der Waals surface area contributed by atoms with Gasteiger partial charge in [-0.25, -0.2) is 0 Å². The van der Waals surface area contributed by atoms with Gasteiger partial charge in [-0.1, -0.05) is 23.2 Å². The van der Waals surface area contributed by atoms with Gasteiger partial charge in [0.25, 0.3) is 0 Å². The molecular formula is C10H7Cl2IN2. The zero-order chi connectivity index (χ0) is 10.8. The SMILES string of the molecule is Clc1ccc(I)c(Cn2cc(Cl)cn2)c1. The van der Waals surface area contributed by atoms with Crippen LogP contribution in [-0.4, -0.2) is 9.78 Å². The molecule has 0 radical (unpaired) electrons. The van der Waals surface area contributed by atoms with Gasteiger partial charge < -0.3 is 0 Å². The predicted molar refractivity (Wildman–Crippen MR) is 70.5 cm³/mol. The van der Waals surface area contributed by atoms with Crippen LogP contribution in [0, 0.1) is 3.57 Å². The minimum Gasteiger partial charge on any atom is -0.267 e. The van der Waals surface area contributed by atoms with Crippen molar-refractivity contribution in [1.29, 1.82) is 0 Å². The lowest BCUT2D eigenvalue weighted by molar-refractivity contribution is 0.685. The van der Waals surface area contributed by atoms with Crippen molar-refractivity contribution in [3.8, 4) is 0 Å². The second-order valence-corrected chi connectivity index (χ2v) is 5.13. The Balaban J connectivity index is 2.27. The summed E-state index contributed by atoms with van der Waals surface area (Å²) < 4.78 is 2.96. The Hall–Kier alpha value is -0.260. The topological polar surface area (TPSA) is 17.8 Å². The lowest BCUT2D eigenvalue weighted by Gasteiger charge is -2.05. The summed E-state index contributed by atoms with van der Waals surface area (Å²) in [6.45, 7) is 0.686. The minimum atomic E-state index is 0.645. The molecule has 1 aromatic heterocycles. The monoisotopic (exact) mass is 352 g/mol. The highest BCUT2D eigenvalue weighted by Crippen LogP contribution is 2.19. The van der Waals surface area contributed by atoms with Gasteiger partial charge in [-0.3, -0.25) is 4.68 Å². The van der Waals surface area contributed by atoms with Crippen molar-refractivity contribution in [2.75, 3.05) is 0 Å². The minimum absolute atomic E-state index is 0.645. The number of aromatic nitrogens is 2. The Labute approximate surface area is 111 Å². The molecule has 0 saturated heterocycles. The number of nitrogens with zero attached hydrogens (tertiary/aromatic N) is 2. The van der Waals surface area contributed by atoms with Crippen LogP contribution in [0.3, 0.4) is 0 Å². The molecule has 0 aliphatic rings. The van der Waals surface area contributed by atoms with Gasteiger partial charge in [0.1, 0.15) is 0 Å². The van der Waals surface area contributed by atoms with Crippen LogP contribution < -0.4 is 0 Å². The normalized spacial score (nSPS) is 10.6. The molecule has 0 atom stereocenters. The van der Waals surface area contributed by atoms with Crippen molar-refractivity contribution in [2.45, 2.75) is 6.54 Å². The first-order valence-corrected chi connectivity index (χ1v) is 6.10. The van der Waals surface area contributed by atoms with Crippen LogP contribution >= 0.6 is 45.8 Å². The van der Waals surface area contributed by atoms with Gasteiger partial charge >= 0.3 is 0 Å². The summed E-state index contributed by atoms with van der Waals surface area (Å²) in [6, 6.07) is 5.81. The van der Waals surface area contributed by atoms with E-state index in [-0.39, 0.29) is 0 Å². The molecule has 1 aromatic carbocycles. The van der Waals surface area contributed by atoms with Gasteiger partial charge in [0.15, 0.2) is 0 Å². The second-order valence-electron chi connectivity index (χ2n) is 3.09. The molecule has 5 heteroatoms. The average molecular weight is 353 g/mol. The zero-order valence-electron chi connectivity index (χ0n) is 7.62. The van der Waals surface area contributed by atoms with Crippen molar-refractivity contribution in [3.05, 3.63) is 49.8 Å². The summed E-state index contributed by atoms with van der Waals surface area (Å²) >= 11 is 14.0. The molecule has 78 valence electrons. The van der Waals surface area contributed by atoms with E-state index in [1.54, 1.807) is 17.1 Å². The van der Waals surface area contributed by atoms with E-state index >= 15 is 0 Å². The van der Waals surface area contributed by atoms with Gasteiger partial charge in [0.05, 0.1) is 17.8 Å². The van der Waals surface area contributed by atoms with E-state index in [1.165, 1.54) is 3.57 Å². The van der Waals surface area contributed by atoms with E-state index in [0.717, 1.165) is 10.6 Å². The highest BCUT2D eigenvalue weighted by Gasteiger charge is 2.03. The molecular weight excluding hydrogens is 346 g/mol. The van der Waals surface area contributed by atoms with Gasteiger partial charge in [-0.15, -0.1) is 0 Å². The molecule has 0 bridgehead atoms. The van der Waals surface area contributed by atoms with Crippen molar-refractivity contribution in [3.63, 3.8) is 0 Å². The Bertz CT molecular complexity index is 482.